The maximum absolute atomic E-state index is 13.3. The van der Waals surface area contributed by atoms with Gasteiger partial charge in [-0.1, -0.05) is 17.7 Å². The van der Waals surface area contributed by atoms with Gasteiger partial charge in [0, 0.05) is 24.9 Å². The van der Waals surface area contributed by atoms with Crippen LogP contribution in [0.1, 0.15) is 18.1 Å². The van der Waals surface area contributed by atoms with Crippen molar-refractivity contribution in [1.29, 1.82) is 0 Å². The summed E-state index contributed by atoms with van der Waals surface area (Å²) >= 11 is 5.65. The van der Waals surface area contributed by atoms with Crippen molar-refractivity contribution in [3.8, 4) is 0 Å². The molecule has 0 aliphatic carbocycles. The Balaban J connectivity index is 2.40. The molecule has 2 rings (SSSR count). The number of nitrogens with zero attached hydrogens (tertiary/aromatic N) is 1. The van der Waals surface area contributed by atoms with Crippen LogP contribution >= 0.6 is 23.4 Å². The average molecular weight is 342 g/mol. The van der Waals surface area contributed by atoms with Gasteiger partial charge in [-0.15, -0.1) is 0 Å². The minimum Gasteiger partial charge on any atom is -0.338 e. The van der Waals surface area contributed by atoms with Gasteiger partial charge in [-0.05, 0) is 35.4 Å². The van der Waals surface area contributed by atoms with Gasteiger partial charge in [0.05, 0.1) is 5.02 Å². The minimum atomic E-state index is -4.22. The molecule has 0 spiro atoms. The number of alkyl halides is 4. The van der Waals surface area contributed by atoms with Crippen LogP contribution in [0.15, 0.2) is 17.0 Å². The molecule has 2 nitrogen and oxygen atoms in total. The van der Waals surface area contributed by atoms with Gasteiger partial charge in [-0.25, -0.2) is 8.78 Å². The molecule has 21 heavy (non-hydrogen) atoms. The molecule has 8 heteroatoms. The number of carbonyl (C=O) groups is 1. The van der Waals surface area contributed by atoms with Crippen molar-refractivity contribution < 1.29 is 22.4 Å². The smallest absolute Gasteiger partial charge is 0.338 e. The third-order valence-corrected chi connectivity index (χ3v) is 4.79. The Kier molecular flexibility index (Phi) is 4.72. The van der Waals surface area contributed by atoms with E-state index in [1.165, 1.54) is 17.9 Å². The number of amides is 1. The fourth-order valence-corrected chi connectivity index (χ4v) is 3.27. The number of halogens is 5. The summed E-state index contributed by atoms with van der Waals surface area (Å²) in [5, 5.41) is -4.23. The second kappa shape index (κ2) is 6.04. The summed E-state index contributed by atoms with van der Waals surface area (Å²) in [6.45, 7) is 1.95. The lowest BCUT2D eigenvalue weighted by Gasteiger charge is -2.30. The molecule has 0 N–H and O–H groups in total. The van der Waals surface area contributed by atoms with E-state index in [0.29, 0.717) is 18.5 Å². The van der Waals surface area contributed by atoms with Gasteiger partial charge in [0.25, 0.3) is 0 Å². The van der Waals surface area contributed by atoms with Gasteiger partial charge in [-0.2, -0.15) is 8.78 Å². The third-order valence-electron chi connectivity index (χ3n) is 3.25. The average Bonchev–Trinajstić information content (AvgIpc) is 2.41. The summed E-state index contributed by atoms with van der Waals surface area (Å²) in [5.41, 5.74) is 1.18. The predicted molar refractivity (Wildman–Crippen MR) is 73.1 cm³/mol. The van der Waals surface area contributed by atoms with Crippen LogP contribution in [0.2, 0.25) is 5.02 Å². The summed E-state index contributed by atoms with van der Waals surface area (Å²) in [6.07, 6.45) is -3.30. The fourth-order valence-electron chi connectivity index (χ4n) is 2.13. The van der Waals surface area contributed by atoms with Gasteiger partial charge in [0.15, 0.2) is 0 Å². The molecule has 1 aliphatic heterocycles. The van der Waals surface area contributed by atoms with Gasteiger partial charge in [0.1, 0.15) is 0 Å². The van der Waals surface area contributed by atoms with Gasteiger partial charge >= 0.3 is 11.7 Å². The zero-order valence-corrected chi connectivity index (χ0v) is 12.6. The first-order chi connectivity index (χ1) is 9.72. The van der Waals surface area contributed by atoms with Crippen molar-refractivity contribution in [3.63, 3.8) is 0 Å². The summed E-state index contributed by atoms with van der Waals surface area (Å²) in [6, 6.07) is 3.10. The largest absolute Gasteiger partial charge is 0.357 e. The number of hydrogen-bond acceptors (Lipinski definition) is 2. The highest BCUT2D eigenvalue weighted by Gasteiger charge is 2.43. The molecule has 1 aromatic rings. The topological polar surface area (TPSA) is 20.3 Å². The van der Waals surface area contributed by atoms with E-state index in [9.17, 15) is 22.4 Å². The first-order valence-electron chi connectivity index (χ1n) is 6.13. The molecule has 0 fully saturated rings. The molecule has 0 unspecified atom stereocenters. The summed E-state index contributed by atoms with van der Waals surface area (Å²) < 4.78 is 51.4. The molecule has 1 amide bonds. The minimum absolute atomic E-state index is 0.00974. The molecular weight excluding hydrogens is 330 g/mol. The molecule has 0 radical (unpaired) electrons. The van der Waals surface area contributed by atoms with Gasteiger partial charge in [-0.3, -0.25) is 4.79 Å². The zero-order valence-electron chi connectivity index (χ0n) is 11.0. The van der Waals surface area contributed by atoms with E-state index in [2.05, 4.69) is 0 Å². The highest BCUT2D eigenvalue weighted by molar-refractivity contribution is 8.00. The molecule has 0 bridgehead atoms. The molecule has 1 aromatic carbocycles. The Labute approximate surface area is 128 Å². The lowest BCUT2D eigenvalue weighted by Crippen LogP contribution is -2.34. The van der Waals surface area contributed by atoms with Crippen LogP contribution in [0.3, 0.4) is 0 Å². The van der Waals surface area contributed by atoms with Crippen LogP contribution < -0.4 is 0 Å². The second-order valence-corrected chi connectivity index (χ2v) is 6.23. The lowest BCUT2D eigenvalue weighted by molar-refractivity contribution is -0.129. The summed E-state index contributed by atoms with van der Waals surface area (Å²) in [4.78, 5) is 12.8. The van der Waals surface area contributed by atoms with Crippen molar-refractivity contribution in [2.75, 3.05) is 6.54 Å². The molecule has 0 atom stereocenters. The van der Waals surface area contributed by atoms with Gasteiger partial charge < -0.3 is 4.90 Å². The van der Waals surface area contributed by atoms with Crippen LogP contribution in [0.25, 0.3) is 0 Å². The van der Waals surface area contributed by atoms with E-state index in [1.54, 1.807) is 6.07 Å². The maximum Gasteiger partial charge on any atom is 0.357 e. The highest BCUT2D eigenvalue weighted by atomic mass is 35.5. The standard InChI is InChI=1S/C13H12ClF4NOS/c1-7(20)19-5-4-8-2-3-10(14)11(9(8)6-19)21-13(17,18)12(15)16/h2-3,12H,4-6H2,1H3. The molecule has 1 aliphatic rings. The van der Waals surface area contributed by atoms with E-state index < -0.39 is 11.7 Å². The quantitative estimate of drug-likeness (QED) is 0.607. The molecule has 0 aromatic heterocycles. The predicted octanol–water partition coefficient (Wildman–Crippen LogP) is 4.19. The first-order valence-corrected chi connectivity index (χ1v) is 7.32. The van der Waals surface area contributed by atoms with Crippen LogP contribution in [0.4, 0.5) is 17.6 Å². The Morgan fingerprint density at radius 3 is 2.67 bits per heavy atom. The summed E-state index contributed by atoms with van der Waals surface area (Å²) in [5.74, 6) is -0.197. The van der Waals surface area contributed by atoms with Crippen LogP contribution in [-0.2, 0) is 17.8 Å². The van der Waals surface area contributed by atoms with Crippen LogP contribution in [-0.4, -0.2) is 29.0 Å². The number of thioether (sulfide) groups is 1. The zero-order chi connectivity index (χ0) is 15.8. The molecule has 0 saturated carbocycles. The van der Waals surface area contributed by atoms with Crippen molar-refractivity contribution in [2.24, 2.45) is 0 Å². The van der Waals surface area contributed by atoms with Crippen molar-refractivity contribution in [3.05, 3.63) is 28.3 Å². The SMILES string of the molecule is CC(=O)N1CCc2ccc(Cl)c(SC(F)(F)C(F)F)c2C1. The van der Waals surface area contributed by atoms with Gasteiger partial charge in [0.2, 0.25) is 5.91 Å². The Hall–Kier alpha value is -0.950. The number of rotatable bonds is 3. The lowest BCUT2D eigenvalue weighted by atomic mass is 10.00. The summed E-state index contributed by atoms with van der Waals surface area (Å²) in [7, 11) is 0. The Morgan fingerprint density at radius 1 is 1.43 bits per heavy atom. The van der Waals surface area contributed by atoms with Crippen LogP contribution in [0, 0.1) is 0 Å². The number of hydrogen-bond donors (Lipinski definition) is 0. The number of carbonyl (C=O) groups excluding carboxylic acids is 1. The number of fused-ring (bicyclic) bond motifs is 1. The molecule has 116 valence electrons. The van der Waals surface area contributed by atoms with Crippen molar-refractivity contribution in [1.82, 2.24) is 4.90 Å². The van der Waals surface area contributed by atoms with E-state index in [0.717, 1.165) is 5.56 Å². The van der Waals surface area contributed by atoms with E-state index in [1.807, 2.05) is 0 Å². The third kappa shape index (κ3) is 3.45. The second-order valence-electron chi connectivity index (χ2n) is 4.67. The fraction of sp³-hybridized carbons (Fsp3) is 0.462. The molecule has 1 heterocycles. The first kappa shape index (κ1) is 16.4. The highest BCUT2D eigenvalue weighted by Crippen LogP contribution is 2.46. The van der Waals surface area contributed by atoms with E-state index >= 15 is 0 Å². The monoisotopic (exact) mass is 341 g/mol. The Bertz CT molecular complexity index is 567. The van der Waals surface area contributed by atoms with Crippen molar-refractivity contribution >= 4 is 29.3 Å². The molecule has 0 saturated heterocycles. The van der Waals surface area contributed by atoms with Crippen LogP contribution in [0.5, 0.6) is 0 Å². The maximum atomic E-state index is 13.3. The molecular formula is C13H12ClF4NOS. The van der Waals surface area contributed by atoms with E-state index in [-0.39, 0.29) is 34.1 Å². The number of benzene rings is 1. The normalized spacial score (nSPS) is 15.3. The van der Waals surface area contributed by atoms with Crippen molar-refractivity contribution in [2.45, 2.75) is 36.5 Å². The van der Waals surface area contributed by atoms with E-state index in [4.69, 9.17) is 11.6 Å². The Morgan fingerprint density at radius 2 is 2.10 bits per heavy atom.